The first kappa shape index (κ1) is 25.1. The van der Waals surface area contributed by atoms with Crippen LogP contribution in [0.25, 0.3) is 10.9 Å². The Bertz CT molecular complexity index is 950. The first-order valence-electron chi connectivity index (χ1n) is 11.4. The number of nitrogens with one attached hydrogen (secondary N) is 3. The second-order valence-electron chi connectivity index (χ2n) is 6.83. The van der Waals surface area contributed by atoms with Crippen molar-refractivity contribution in [3.8, 4) is 6.01 Å². The molecule has 2 aromatic heterocycles. The quantitative estimate of drug-likeness (QED) is 0.222. The Kier molecular flexibility index (Phi) is 10.9. The van der Waals surface area contributed by atoms with Crippen LogP contribution in [0.1, 0.15) is 46.4 Å². The summed E-state index contributed by atoms with van der Waals surface area (Å²) < 4.78 is 5.71. The topological polar surface area (TPSA) is 103 Å². The molecule has 3 N–H and O–H groups in total. The molecule has 0 saturated carbocycles. The van der Waals surface area contributed by atoms with E-state index in [9.17, 15) is 0 Å². The van der Waals surface area contributed by atoms with Crippen molar-refractivity contribution in [3.05, 3.63) is 36.3 Å². The van der Waals surface area contributed by atoms with E-state index in [0.717, 1.165) is 42.5 Å². The average molecular weight is 441 g/mol. The van der Waals surface area contributed by atoms with Crippen LogP contribution in [0.3, 0.4) is 0 Å². The number of aromatic nitrogens is 4. The van der Waals surface area contributed by atoms with Crippen LogP contribution in [0.15, 0.2) is 35.6 Å². The number of benzene rings is 1. The van der Waals surface area contributed by atoms with Crippen LogP contribution >= 0.6 is 0 Å². The zero-order valence-electron chi connectivity index (χ0n) is 19.9. The van der Waals surface area contributed by atoms with E-state index in [1.54, 1.807) is 6.21 Å². The number of hydrogen-bond donors (Lipinski definition) is 3. The highest BCUT2D eigenvalue weighted by molar-refractivity contribution is 5.92. The number of nitrogens with zero attached hydrogens (tertiary/aromatic N) is 5. The van der Waals surface area contributed by atoms with Crippen molar-refractivity contribution in [2.24, 2.45) is 5.10 Å². The molecule has 0 atom stereocenters. The summed E-state index contributed by atoms with van der Waals surface area (Å²) in [4.78, 5) is 18.9. The summed E-state index contributed by atoms with van der Waals surface area (Å²) in [6.45, 7) is 11.2. The van der Waals surface area contributed by atoms with E-state index in [0.29, 0.717) is 30.9 Å². The number of ether oxygens (including phenoxy) is 1. The summed E-state index contributed by atoms with van der Waals surface area (Å²) in [6, 6.07) is 8.35. The standard InChI is InChI=1S/C21H30N8O.C2H6/c1-4-11-29(12-5-2)20-25-19(26-21(27-20)30-13-10-22-3)15-24-28-18-14-23-17-9-7-6-8-16(17)18;1-2/h6-9,14-15,22-23,28H,4-5,10-13H2,1-3H3;1-2H3/b24-15+;. The lowest BCUT2D eigenvalue weighted by atomic mass is 10.2. The van der Waals surface area contributed by atoms with Crippen molar-refractivity contribution in [1.29, 1.82) is 0 Å². The van der Waals surface area contributed by atoms with Gasteiger partial charge in [-0.2, -0.15) is 20.1 Å². The highest BCUT2D eigenvalue weighted by Gasteiger charge is 2.13. The molecule has 174 valence electrons. The van der Waals surface area contributed by atoms with E-state index in [4.69, 9.17) is 4.74 Å². The highest BCUT2D eigenvalue weighted by atomic mass is 16.5. The maximum Gasteiger partial charge on any atom is 0.321 e. The van der Waals surface area contributed by atoms with Crippen molar-refractivity contribution in [2.75, 3.05) is 43.6 Å². The lowest BCUT2D eigenvalue weighted by Crippen LogP contribution is -2.28. The molecule has 9 heteroatoms. The van der Waals surface area contributed by atoms with Crippen LogP contribution < -0.4 is 20.4 Å². The third kappa shape index (κ3) is 7.19. The molecule has 0 saturated heterocycles. The Morgan fingerprint density at radius 1 is 1.09 bits per heavy atom. The summed E-state index contributed by atoms with van der Waals surface area (Å²) in [7, 11) is 1.88. The fourth-order valence-corrected chi connectivity index (χ4v) is 3.04. The molecule has 0 aliphatic rings. The van der Waals surface area contributed by atoms with Gasteiger partial charge in [0.1, 0.15) is 6.61 Å². The SMILES string of the molecule is CC.CCCN(CCC)c1nc(/C=N/Nc2c[nH]c3ccccc23)nc(OCCNC)n1. The van der Waals surface area contributed by atoms with Gasteiger partial charge in [-0.1, -0.05) is 45.9 Å². The molecule has 1 aromatic carbocycles. The zero-order chi connectivity index (χ0) is 23.2. The first-order valence-corrected chi connectivity index (χ1v) is 11.4. The molecular weight excluding hydrogens is 404 g/mol. The molecule has 9 nitrogen and oxygen atoms in total. The molecule has 0 aliphatic heterocycles. The zero-order valence-corrected chi connectivity index (χ0v) is 19.9. The number of likely N-dealkylation sites (N-methyl/N-ethyl adjacent to an activating group) is 1. The minimum atomic E-state index is 0.306. The molecule has 3 rings (SSSR count). The van der Waals surface area contributed by atoms with Crippen LogP contribution in [0, 0.1) is 0 Å². The number of H-pyrrole nitrogens is 1. The maximum atomic E-state index is 5.71. The molecule has 0 spiro atoms. The summed E-state index contributed by atoms with van der Waals surface area (Å²) >= 11 is 0. The third-order valence-corrected chi connectivity index (χ3v) is 4.43. The van der Waals surface area contributed by atoms with Crippen molar-refractivity contribution in [1.82, 2.24) is 25.3 Å². The van der Waals surface area contributed by atoms with E-state index in [2.05, 4.69) is 54.5 Å². The molecule has 0 unspecified atom stereocenters. The Morgan fingerprint density at radius 3 is 2.56 bits per heavy atom. The van der Waals surface area contributed by atoms with Gasteiger partial charge in [0, 0.05) is 36.7 Å². The molecule has 0 fully saturated rings. The summed E-state index contributed by atoms with van der Waals surface area (Å²) in [5.41, 5.74) is 5.00. The van der Waals surface area contributed by atoms with Gasteiger partial charge in [0.05, 0.1) is 11.9 Å². The minimum absolute atomic E-state index is 0.306. The fraction of sp³-hybridized carbons (Fsp3) is 0.478. The minimum Gasteiger partial charge on any atom is -0.462 e. The molecule has 3 aromatic rings. The second kappa shape index (κ2) is 14.0. The van der Waals surface area contributed by atoms with Gasteiger partial charge < -0.3 is 19.9 Å². The van der Waals surface area contributed by atoms with Crippen LogP contribution in [0.4, 0.5) is 11.6 Å². The number of hydrazone groups is 1. The molecule has 2 heterocycles. The Labute approximate surface area is 190 Å². The molecule has 0 amide bonds. The molecular formula is C23H36N8O. The lowest BCUT2D eigenvalue weighted by molar-refractivity contribution is 0.292. The van der Waals surface area contributed by atoms with Gasteiger partial charge in [-0.3, -0.25) is 5.43 Å². The van der Waals surface area contributed by atoms with Crippen molar-refractivity contribution >= 4 is 28.8 Å². The maximum absolute atomic E-state index is 5.71. The van der Waals surface area contributed by atoms with E-state index < -0.39 is 0 Å². The summed E-state index contributed by atoms with van der Waals surface area (Å²) in [6.07, 6.45) is 5.49. The molecule has 0 aliphatic carbocycles. The molecule has 32 heavy (non-hydrogen) atoms. The van der Waals surface area contributed by atoms with Gasteiger partial charge in [0.2, 0.25) is 5.95 Å². The number of hydrogen-bond acceptors (Lipinski definition) is 8. The van der Waals surface area contributed by atoms with Crippen LogP contribution in [0.2, 0.25) is 0 Å². The smallest absolute Gasteiger partial charge is 0.321 e. The van der Waals surface area contributed by atoms with Crippen molar-refractivity contribution in [2.45, 2.75) is 40.5 Å². The fourth-order valence-electron chi connectivity index (χ4n) is 3.04. The number of aromatic amines is 1. The molecule has 0 bridgehead atoms. The number of fused-ring (bicyclic) bond motifs is 1. The third-order valence-electron chi connectivity index (χ3n) is 4.43. The first-order chi connectivity index (χ1) is 15.7. The Morgan fingerprint density at radius 2 is 1.84 bits per heavy atom. The van der Waals surface area contributed by atoms with E-state index in [1.807, 2.05) is 51.4 Å². The normalized spacial score (nSPS) is 10.8. The second-order valence-corrected chi connectivity index (χ2v) is 6.83. The van der Waals surface area contributed by atoms with E-state index in [1.165, 1.54) is 0 Å². The van der Waals surface area contributed by atoms with Crippen LogP contribution in [-0.4, -0.2) is 59.4 Å². The Balaban J connectivity index is 0.00000176. The van der Waals surface area contributed by atoms with Gasteiger partial charge >= 0.3 is 6.01 Å². The predicted octanol–water partition coefficient (Wildman–Crippen LogP) is 4.05. The largest absolute Gasteiger partial charge is 0.462 e. The van der Waals surface area contributed by atoms with Crippen LogP contribution in [0.5, 0.6) is 6.01 Å². The predicted molar refractivity (Wildman–Crippen MR) is 133 cm³/mol. The molecule has 0 radical (unpaired) electrons. The van der Waals surface area contributed by atoms with Crippen molar-refractivity contribution in [3.63, 3.8) is 0 Å². The summed E-state index contributed by atoms with van der Waals surface area (Å²) in [5.74, 6) is 1.06. The van der Waals surface area contributed by atoms with Gasteiger partial charge in [-0.15, -0.1) is 0 Å². The van der Waals surface area contributed by atoms with E-state index >= 15 is 0 Å². The van der Waals surface area contributed by atoms with Crippen molar-refractivity contribution < 1.29 is 4.74 Å². The lowest BCUT2D eigenvalue weighted by Gasteiger charge is -2.21. The number of rotatable bonds is 12. The van der Waals surface area contributed by atoms with E-state index in [-0.39, 0.29) is 0 Å². The monoisotopic (exact) mass is 440 g/mol. The summed E-state index contributed by atoms with van der Waals surface area (Å²) in [5, 5.41) is 8.45. The van der Waals surface area contributed by atoms with Gasteiger partial charge in [-0.25, -0.2) is 0 Å². The Hall–Kier alpha value is -3.20. The van der Waals surface area contributed by atoms with Gasteiger partial charge in [-0.05, 0) is 26.0 Å². The van der Waals surface area contributed by atoms with Gasteiger partial charge in [0.25, 0.3) is 0 Å². The number of anilines is 2. The number of para-hydroxylation sites is 1. The average Bonchev–Trinajstić information content (AvgIpc) is 3.23. The highest BCUT2D eigenvalue weighted by Crippen LogP contribution is 2.22. The van der Waals surface area contributed by atoms with Crippen LogP contribution in [-0.2, 0) is 0 Å². The van der Waals surface area contributed by atoms with Gasteiger partial charge in [0.15, 0.2) is 5.82 Å².